The molecule has 0 radical (unpaired) electrons. The van der Waals surface area contributed by atoms with Crippen LogP contribution in [-0.2, 0) is 6.42 Å². The van der Waals surface area contributed by atoms with Gasteiger partial charge < -0.3 is 4.90 Å². The Kier molecular flexibility index (Phi) is 4.28. The lowest BCUT2D eigenvalue weighted by atomic mass is 9.99. The zero-order valence-electron chi connectivity index (χ0n) is 14.9. The fraction of sp³-hybridized carbons (Fsp3) is 0.429. The maximum Gasteiger partial charge on any atom is 0.134 e. The molecular weight excluding hydrogens is 313 g/mol. The van der Waals surface area contributed by atoms with Gasteiger partial charge in [0.1, 0.15) is 11.6 Å². The number of aryl methyl sites for hydroxylation is 1. The lowest BCUT2D eigenvalue weighted by Gasteiger charge is -2.35. The Labute approximate surface area is 148 Å². The lowest BCUT2D eigenvalue weighted by Crippen LogP contribution is -2.48. The molecular formula is C21H24FN3. The summed E-state index contributed by atoms with van der Waals surface area (Å²) in [6.07, 6.45) is 4.95. The monoisotopic (exact) mass is 337 g/mol. The first-order valence-corrected chi connectivity index (χ1v) is 9.26. The van der Waals surface area contributed by atoms with Crippen molar-refractivity contribution in [1.82, 2.24) is 4.98 Å². The number of anilines is 1. The van der Waals surface area contributed by atoms with Crippen LogP contribution in [0.15, 0.2) is 35.5 Å². The molecule has 4 heteroatoms. The van der Waals surface area contributed by atoms with Crippen molar-refractivity contribution < 1.29 is 4.39 Å². The Morgan fingerprint density at radius 1 is 1.24 bits per heavy atom. The summed E-state index contributed by atoms with van der Waals surface area (Å²) in [5.41, 5.74) is 4.84. The average molecular weight is 337 g/mol. The number of hydrogen-bond acceptors (Lipinski definition) is 3. The molecule has 1 saturated heterocycles. The maximum absolute atomic E-state index is 14.7. The summed E-state index contributed by atoms with van der Waals surface area (Å²) in [5, 5.41) is 0. The largest absolute Gasteiger partial charge is 0.345 e. The highest BCUT2D eigenvalue weighted by atomic mass is 19.1. The molecule has 0 N–H and O–H groups in total. The van der Waals surface area contributed by atoms with Crippen molar-refractivity contribution in [3.63, 3.8) is 0 Å². The van der Waals surface area contributed by atoms with Crippen LogP contribution in [0.5, 0.6) is 0 Å². The minimum atomic E-state index is -0.109. The van der Waals surface area contributed by atoms with Crippen LogP contribution in [0.1, 0.15) is 43.7 Å². The molecule has 2 aliphatic rings. The van der Waals surface area contributed by atoms with Crippen molar-refractivity contribution in [3.8, 4) is 11.1 Å². The van der Waals surface area contributed by atoms with Crippen molar-refractivity contribution in [2.24, 2.45) is 4.99 Å². The van der Waals surface area contributed by atoms with E-state index in [2.05, 4.69) is 22.9 Å². The molecule has 3 nitrogen and oxygen atoms in total. The van der Waals surface area contributed by atoms with Gasteiger partial charge in [-0.2, -0.15) is 0 Å². The van der Waals surface area contributed by atoms with Crippen LogP contribution in [0.4, 0.5) is 10.2 Å². The first-order valence-electron chi connectivity index (χ1n) is 9.26. The van der Waals surface area contributed by atoms with Crippen LogP contribution in [0.3, 0.4) is 0 Å². The van der Waals surface area contributed by atoms with E-state index < -0.39 is 0 Å². The Morgan fingerprint density at radius 2 is 2.04 bits per heavy atom. The molecule has 1 aliphatic carbocycles. The molecule has 0 spiro atoms. The zero-order chi connectivity index (χ0) is 17.4. The zero-order valence-corrected chi connectivity index (χ0v) is 14.9. The van der Waals surface area contributed by atoms with Gasteiger partial charge in [-0.3, -0.25) is 4.99 Å². The topological polar surface area (TPSA) is 28.5 Å². The van der Waals surface area contributed by atoms with E-state index in [0.717, 1.165) is 36.6 Å². The van der Waals surface area contributed by atoms with Gasteiger partial charge in [-0.25, -0.2) is 9.37 Å². The standard InChI is InChI=1S/C21H24FN3/c1-3-14-6-5-7-18(20(14)22)16-10-19(15-8-9-15)21(24-11-16)25-12-17(13-25)23-4-2/h5-7,10-11,15H,3-4,8-9,12-13H2,1-2H3. The van der Waals surface area contributed by atoms with E-state index >= 15 is 0 Å². The summed E-state index contributed by atoms with van der Waals surface area (Å²) in [6.45, 7) is 6.65. The van der Waals surface area contributed by atoms with Crippen molar-refractivity contribution in [3.05, 3.63) is 47.4 Å². The molecule has 0 atom stereocenters. The molecule has 25 heavy (non-hydrogen) atoms. The van der Waals surface area contributed by atoms with Gasteiger partial charge in [0.25, 0.3) is 0 Å². The second-order valence-corrected chi connectivity index (χ2v) is 6.94. The predicted molar refractivity (Wildman–Crippen MR) is 101 cm³/mol. The van der Waals surface area contributed by atoms with Gasteiger partial charge in [0.05, 0.1) is 18.8 Å². The fourth-order valence-electron chi connectivity index (χ4n) is 3.52. The van der Waals surface area contributed by atoms with Crippen LogP contribution in [0.2, 0.25) is 0 Å². The molecule has 2 fully saturated rings. The molecule has 130 valence electrons. The van der Waals surface area contributed by atoms with Crippen molar-refractivity contribution in [2.75, 3.05) is 24.5 Å². The van der Waals surface area contributed by atoms with E-state index in [1.807, 2.05) is 31.3 Å². The third-order valence-electron chi connectivity index (χ3n) is 5.11. The van der Waals surface area contributed by atoms with Gasteiger partial charge in [0.15, 0.2) is 0 Å². The number of pyridine rings is 1. The molecule has 1 aromatic carbocycles. The highest BCUT2D eigenvalue weighted by molar-refractivity contribution is 5.99. The van der Waals surface area contributed by atoms with Gasteiger partial charge >= 0.3 is 0 Å². The molecule has 1 saturated carbocycles. The van der Waals surface area contributed by atoms with Crippen LogP contribution in [-0.4, -0.2) is 30.3 Å². The van der Waals surface area contributed by atoms with Crippen LogP contribution in [0.25, 0.3) is 11.1 Å². The molecule has 2 aromatic rings. The molecule has 1 aromatic heterocycles. The Bertz CT molecular complexity index is 816. The molecule has 1 aliphatic heterocycles. The lowest BCUT2D eigenvalue weighted by molar-refractivity contribution is 0.615. The van der Waals surface area contributed by atoms with Gasteiger partial charge in [-0.05, 0) is 49.3 Å². The SMILES string of the molecule is CCN=C1CN(c2ncc(-c3cccc(CC)c3F)cc2C2CC2)C1. The minimum absolute atomic E-state index is 0.109. The minimum Gasteiger partial charge on any atom is -0.345 e. The Morgan fingerprint density at radius 3 is 2.72 bits per heavy atom. The highest BCUT2D eigenvalue weighted by Crippen LogP contribution is 2.45. The average Bonchev–Trinajstić information content (AvgIpc) is 3.43. The normalized spacial score (nSPS) is 16.8. The van der Waals surface area contributed by atoms with Crippen molar-refractivity contribution in [1.29, 1.82) is 0 Å². The first kappa shape index (κ1) is 16.2. The number of halogens is 1. The van der Waals surface area contributed by atoms with E-state index in [4.69, 9.17) is 4.98 Å². The first-order chi connectivity index (χ1) is 12.2. The van der Waals surface area contributed by atoms with Gasteiger partial charge in [-0.15, -0.1) is 0 Å². The van der Waals surface area contributed by atoms with Gasteiger partial charge in [0.2, 0.25) is 0 Å². The number of benzene rings is 1. The number of nitrogens with zero attached hydrogens (tertiary/aromatic N) is 3. The summed E-state index contributed by atoms with van der Waals surface area (Å²) >= 11 is 0. The second-order valence-electron chi connectivity index (χ2n) is 6.94. The highest BCUT2D eigenvalue weighted by Gasteiger charge is 2.32. The van der Waals surface area contributed by atoms with Crippen LogP contribution >= 0.6 is 0 Å². The number of rotatable bonds is 5. The van der Waals surface area contributed by atoms with E-state index in [9.17, 15) is 4.39 Å². The van der Waals surface area contributed by atoms with Crippen molar-refractivity contribution in [2.45, 2.75) is 39.0 Å². The summed E-state index contributed by atoms with van der Waals surface area (Å²) in [5.74, 6) is 1.53. The van der Waals surface area contributed by atoms with E-state index in [-0.39, 0.29) is 5.82 Å². The second kappa shape index (κ2) is 6.58. The van der Waals surface area contributed by atoms with Crippen molar-refractivity contribution >= 4 is 11.5 Å². The van der Waals surface area contributed by atoms with E-state index in [1.165, 1.54) is 24.1 Å². The van der Waals surface area contributed by atoms with Gasteiger partial charge in [-0.1, -0.05) is 25.1 Å². The predicted octanol–water partition coefficient (Wildman–Crippen LogP) is 4.61. The Balaban J connectivity index is 1.68. The Hall–Kier alpha value is -2.23. The molecule has 0 amide bonds. The summed E-state index contributed by atoms with van der Waals surface area (Å²) in [7, 11) is 0. The summed E-state index contributed by atoms with van der Waals surface area (Å²) in [6, 6.07) is 7.81. The summed E-state index contributed by atoms with van der Waals surface area (Å²) < 4.78 is 14.7. The number of aromatic nitrogens is 1. The van der Waals surface area contributed by atoms with Crippen LogP contribution < -0.4 is 4.90 Å². The molecule has 4 rings (SSSR count). The quantitative estimate of drug-likeness (QED) is 0.797. The molecule has 0 unspecified atom stereocenters. The summed E-state index contributed by atoms with van der Waals surface area (Å²) in [4.78, 5) is 11.5. The number of aliphatic imine (C=N–C) groups is 1. The fourth-order valence-corrected chi connectivity index (χ4v) is 3.52. The van der Waals surface area contributed by atoms with E-state index in [0.29, 0.717) is 17.9 Å². The molecule has 0 bridgehead atoms. The maximum atomic E-state index is 14.7. The van der Waals surface area contributed by atoms with E-state index in [1.54, 1.807) is 0 Å². The third kappa shape index (κ3) is 3.06. The van der Waals surface area contributed by atoms with Crippen LogP contribution in [0, 0.1) is 5.82 Å². The molecule has 2 heterocycles. The third-order valence-corrected chi connectivity index (χ3v) is 5.11. The number of hydrogen-bond donors (Lipinski definition) is 0. The smallest absolute Gasteiger partial charge is 0.134 e. The van der Waals surface area contributed by atoms with Gasteiger partial charge in [0, 0.05) is 23.9 Å².